The Bertz CT molecular complexity index is 3060. The van der Waals surface area contributed by atoms with E-state index in [1.54, 1.807) is 23.5 Å². The summed E-state index contributed by atoms with van der Waals surface area (Å²) in [6, 6.07) is 63.4. The Hall–Kier alpha value is -6.60. The van der Waals surface area contributed by atoms with E-state index in [9.17, 15) is 0 Å². The quantitative estimate of drug-likeness (QED) is 0.0742. The van der Waals surface area contributed by atoms with Gasteiger partial charge in [0.15, 0.2) is 11.6 Å². The standard InChI is InChI=1S/C72H74N2O2S2/c1-3-5-9-15-49-21-25-51(26-22-49)53-29-33-55(34-30-53)57-37-41-61(42-38-57)77-65-47-48-66(78-62-43-39-58(40-44-62)56-35-31-54(32-36-56)52-27-23-50(24-28-52)16-10-6-4-2)70-69(65)71(75)67-63(73-59-17-11-7-12-18-59)45-46-64(68(67)72(70)76)74-60-19-13-8-14-20-60/h7-8,11-14,17-20,29-52,73-74H,3-6,9-10,15-16,21-28H2,1-2H3. The van der Waals surface area contributed by atoms with Crippen molar-refractivity contribution in [3.05, 3.63) is 215 Å². The van der Waals surface area contributed by atoms with E-state index in [2.05, 4.69) is 122 Å². The van der Waals surface area contributed by atoms with Crippen molar-refractivity contribution >= 4 is 57.8 Å². The van der Waals surface area contributed by atoms with Crippen molar-refractivity contribution in [3.8, 4) is 22.3 Å². The van der Waals surface area contributed by atoms with Crippen LogP contribution in [0.25, 0.3) is 22.3 Å². The molecule has 2 saturated carbocycles. The molecule has 2 N–H and O–H groups in total. The largest absolute Gasteiger partial charge is 0.355 e. The van der Waals surface area contributed by atoms with Crippen LogP contribution in [0.2, 0.25) is 0 Å². The highest BCUT2D eigenvalue weighted by molar-refractivity contribution is 8.00. The molecule has 0 atom stereocenters. The normalized spacial score (nSPS) is 18.0. The minimum Gasteiger partial charge on any atom is -0.355 e. The minimum atomic E-state index is -0.180. The molecule has 0 bridgehead atoms. The molecule has 4 nitrogen and oxygen atoms in total. The summed E-state index contributed by atoms with van der Waals surface area (Å²) in [6.07, 6.45) is 21.5. The monoisotopic (exact) mass is 1060 g/mol. The molecular formula is C72H74N2O2S2. The van der Waals surface area contributed by atoms with Gasteiger partial charge in [-0.2, -0.15) is 0 Å². The van der Waals surface area contributed by atoms with Crippen LogP contribution in [-0.4, -0.2) is 11.6 Å². The minimum absolute atomic E-state index is 0.180. The van der Waals surface area contributed by atoms with Crippen LogP contribution in [0.5, 0.6) is 0 Å². The number of hydrogen-bond acceptors (Lipinski definition) is 6. The lowest BCUT2D eigenvalue weighted by Crippen LogP contribution is -2.25. The van der Waals surface area contributed by atoms with Gasteiger partial charge in [-0.3, -0.25) is 9.59 Å². The lowest BCUT2D eigenvalue weighted by atomic mass is 9.77. The number of fused-ring (bicyclic) bond motifs is 2. The summed E-state index contributed by atoms with van der Waals surface area (Å²) in [5.41, 5.74) is 12.1. The van der Waals surface area contributed by atoms with Gasteiger partial charge in [-0.05, 0) is 181 Å². The Balaban J connectivity index is 0.872. The van der Waals surface area contributed by atoms with Gasteiger partial charge in [0.05, 0.1) is 22.5 Å². The van der Waals surface area contributed by atoms with Crippen LogP contribution in [0, 0.1) is 11.8 Å². The van der Waals surface area contributed by atoms with Gasteiger partial charge in [0.1, 0.15) is 0 Å². The smallest absolute Gasteiger partial charge is 0.197 e. The maximum absolute atomic E-state index is 15.7. The second-order valence-electron chi connectivity index (χ2n) is 22.3. The maximum atomic E-state index is 15.7. The molecule has 0 aliphatic heterocycles. The number of rotatable bonds is 20. The summed E-state index contributed by atoms with van der Waals surface area (Å²) in [5, 5.41) is 7.03. The molecule has 396 valence electrons. The third-order valence-electron chi connectivity index (χ3n) is 17.1. The van der Waals surface area contributed by atoms with Gasteiger partial charge in [0.2, 0.25) is 0 Å². The fraction of sp³-hybridized carbons (Fsp3) is 0.306. The molecule has 0 unspecified atom stereocenters. The van der Waals surface area contributed by atoms with E-state index in [1.807, 2.05) is 84.9 Å². The van der Waals surface area contributed by atoms with Crippen molar-refractivity contribution in [3.63, 3.8) is 0 Å². The number of anilines is 4. The Morgan fingerprint density at radius 3 is 1.06 bits per heavy atom. The second kappa shape index (κ2) is 25.5. The molecule has 8 aromatic rings. The fourth-order valence-corrected chi connectivity index (χ4v) is 14.5. The molecule has 6 heteroatoms. The van der Waals surface area contributed by atoms with Gasteiger partial charge < -0.3 is 10.6 Å². The molecule has 3 aliphatic rings. The third-order valence-corrected chi connectivity index (χ3v) is 19.2. The molecule has 8 aromatic carbocycles. The van der Waals surface area contributed by atoms with Gasteiger partial charge in [0, 0.05) is 42.1 Å². The van der Waals surface area contributed by atoms with E-state index in [4.69, 9.17) is 0 Å². The lowest BCUT2D eigenvalue weighted by molar-refractivity contribution is 0.0976. The molecule has 0 amide bonds. The Labute approximate surface area is 472 Å². The van der Waals surface area contributed by atoms with Crippen molar-refractivity contribution in [2.45, 2.75) is 148 Å². The molecular weight excluding hydrogens is 989 g/mol. The average Bonchev–Trinajstić information content (AvgIpc) is 3.68. The number of carbonyl (C=O) groups is 2. The number of unbranched alkanes of at least 4 members (excludes halogenated alkanes) is 4. The zero-order valence-electron chi connectivity index (χ0n) is 45.6. The fourth-order valence-electron chi connectivity index (χ4n) is 12.6. The van der Waals surface area contributed by atoms with Gasteiger partial charge in [-0.15, -0.1) is 0 Å². The highest BCUT2D eigenvalue weighted by Crippen LogP contribution is 2.48. The molecule has 11 rings (SSSR count). The van der Waals surface area contributed by atoms with Gasteiger partial charge in [-0.1, -0.05) is 198 Å². The predicted molar refractivity (Wildman–Crippen MR) is 329 cm³/mol. The SMILES string of the molecule is CCCCCC1CCC(c2ccc(-c3ccc(Sc4ccc(Sc5ccc(-c6ccc(C7CCC(CCCCC)CC7)cc6)cc5)c5c4C(=O)c4c(Nc6ccccc6)ccc(Nc6ccccc6)c4C5=O)cc3)cc2)CC1. The highest BCUT2D eigenvalue weighted by Gasteiger charge is 2.38. The summed E-state index contributed by atoms with van der Waals surface area (Å²) in [6.45, 7) is 4.59. The molecule has 3 aliphatic carbocycles. The topological polar surface area (TPSA) is 58.2 Å². The molecule has 0 spiro atoms. The van der Waals surface area contributed by atoms with E-state index in [0.29, 0.717) is 45.5 Å². The molecule has 0 radical (unpaired) electrons. The Morgan fingerprint density at radius 2 is 0.718 bits per heavy atom. The van der Waals surface area contributed by atoms with Crippen molar-refractivity contribution in [1.82, 2.24) is 0 Å². The second-order valence-corrected chi connectivity index (χ2v) is 24.5. The molecule has 0 aromatic heterocycles. The number of ketones is 2. The number of hydrogen-bond donors (Lipinski definition) is 2. The van der Waals surface area contributed by atoms with Crippen molar-refractivity contribution in [2.75, 3.05) is 10.6 Å². The van der Waals surface area contributed by atoms with Gasteiger partial charge >= 0.3 is 0 Å². The first-order chi connectivity index (χ1) is 38.4. The van der Waals surface area contributed by atoms with E-state index in [-0.39, 0.29) is 11.6 Å². The first kappa shape index (κ1) is 53.4. The van der Waals surface area contributed by atoms with Crippen LogP contribution in [0.4, 0.5) is 22.7 Å². The molecule has 78 heavy (non-hydrogen) atoms. The summed E-state index contributed by atoms with van der Waals surface area (Å²) < 4.78 is 0. The Kier molecular flexibility index (Phi) is 17.4. The van der Waals surface area contributed by atoms with E-state index in [0.717, 1.165) is 53.9 Å². The van der Waals surface area contributed by atoms with Gasteiger partial charge in [0.25, 0.3) is 0 Å². The van der Waals surface area contributed by atoms with E-state index < -0.39 is 0 Å². The summed E-state index contributed by atoms with van der Waals surface area (Å²) in [7, 11) is 0. The van der Waals surface area contributed by atoms with Crippen molar-refractivity contribution in [2.24, 2.45) is 11.8 Å². The first-order valence-electron chi connectivity index (χ1n) is 29.2. The van der Waals surface area contributed by atoms with Crippen LogP contribution in [0.15, 0.2) is 202 Å². The molecule has 0 heterocycles. The van der Waals surface area contributed by atoms with Crippen LogP contribution < -0.4 is 10.6 Å². The lowest BCUT2D eigenvalue weighted by Gasteiger charge is -2.29. The zero-order chi connectivity index (χ0) is 53.2. The number of nitrogens with one attached hydrogen (secondary N) is 2. The summed E-state index contributed by atoms with van der Waals surface area (Å²) in [5.74, 6) is 2.76. The summed E-state index contributed by atoms with van der Waals surface area (Å²) >= 11 is 3.08. The molecule has 2 fully saturated rings. The third kappa shape index (κ3) is 12.5. The highest BCUT2D eigenvalue weighted by atomic mass is 32.2. The van der Waals surface area contributed by atoms with E-state index >= 15 is 9.59 Å². The predicted octanol–water partition coefficient (Wildman–Crippen LogP) is 21.3. The van der Waals surface area contributed by atoms with Crippen molar-refractivity contribution in [1.29, 1.82) is 0 Å². The molecule has 0 saturated heterocycles. The van der Waals surface area contributed by atoms with Crippen molar-refractivity contribution < 1.29 is 9.59 Å². The number of para-hydroxylation sites is 2. The van der Waals surface area contributed by atoms with Crippen LogP contribution in [0.1, 0.15) is 171 Å². The Morgan fingerprint density at radius 1 is 0.372 bits per heavy atom. The van der Waals surface area contributed by atoms with E-state index in [1.165, 1.54) is 125 Å². The average molecular weight is 1060 g/mol. The van der Waals surface area contributed by atoms with Gasteiger partial charge in [-0.25, -0.2) is 0 Å². The summed E-state index contributed by atoms with van der Waals surface area (Å²) in [4.78, 5) is 34.9. The first-order valence-corrected chi connectivity index (χ1v) is 30.9. The van der Waals surface area contributed by atoms with Crippen LogP contribution in [-0.2, 0) is 0 Å². The van der Waals surface area contributed by atoms with Crippen LogP contribution >= 0.6 is 23.5 Å². The zero-order valence-corrected chi connectivity index (χ0v) is 47.2. The van der Waals surface area contributed by atoms with Crippen LogP contribution in [0.3, 0.4) is 0 Å². The number of benzene rings is 8. The number of carbonyl (C=O) groups excluding carboxylic acids is 2. The maximum Gasteiger partial charge on any atom is 0.197 e.